The van der Waals surface area contributed by atoms with Crippen LogP contribution in [-0.2, 0) is 9.53 Å². The molecule has 1 aromatic carbocycles. The Morgan fingerprint density at radius 2 is 1.93 bits per heavy atom. The van der Waals surface area contributed by atoms with E-state index in [0.29, 0.717) is 18.7 Å². The number of hydrogen-bond acceptors (Lipinski definition) is 4. The Morgan fingerprint density at radius 3 is 2.59 bits per heavy atom. The molecule has 2 amide bonds. The van der Waals surface area contributed by atoms with E-state index in [1.807, 2.05) is 39.0 Å². The SMILES string of the molecule is CCOC(=O)C1=C(CN2CCC(C)CC2)N(C)C(=O)N[C@H]1c1cc(C)ccc1C. The number of likely N-dealkylation sites (tertiary alicyclic amines) is 1. The molecular formula is C23H33N3O3. The Kier molecular flexibility index (Phi) is 6.63. The fourth-order valence-corrected chi connectivity index (χ4v) is 4.13. The van der Waals surface area contributed by atoms with Crippen LogP contribution in [0.5, 0.6) is 0 Å². The molecule has 29 heavy (non-hydrogen) atoms. The van der Waals surface area contributed by atoms with Crippen molar-refractivity contribution in [1.82, 2.24) is 15.1 Å². The van der Waals surface area contributed by atoms with E-state index < -0.39 is 6.04 Å². The first kappa shape index (κ1) is 21.4. The normalized spacial score (nSPS) is 21.3. The van der Waals surface area contributed by atoms with Crippen LogP contribution in [0, 0.1) is 19.8 Å². The van der Waals surface area contributed by atoms with E-state index in [9.17, 15) is 9.59 Å². The van der Waals surface area contributed by atoms with Crippen molar-refractivity contribution >= 4 is 12.0 Å². The van der Waals surface area contributed by atoms with Gasteiger partial charge in [-0.05, 0) is 63.7 Å². The van der Waals surface area contributed by atoms with Crippen molar-refractivity contribution in [2.45, 2.75) is 46.6 Å². The van der Waals surface area contributed by atoms with Gasteiger partial charge in [0, 0.05) is 19.3 Å². The van der Waals surface area contributed by atoms with Crippen molar-refractivity contribution < 1.29 is 14.3 Å². The topological polar surface area (TPSA) is 61.9 Å². The molecule has 3 rings (SSSR count). The second-order valence-corrected chi connectivity index (χ2v) is 8.34. The number of carbonyl (C=O) groups is 2. The molecule has 1 saturated heterocycles. The van der Waals surface area contributed by atoms with Crippen molar-refractivity contribution in [1.29, 1.82) is 0 Å². The van der Waals surface area contributed by atoms with Gasteiger partial charge < -0.3 is 10.1 Å². The molecule has 1 atom stereocenters. The van der Waals surface area contributed by atoms with Crippen LogP contribution in [0.25, 0.3) is 0 Å². The number of rotatable bonds is 5. The molecular weight excluding hydrogens is 366 g/mol. The van der Waals surface area contributed by atoms with Gasteiger partial charge in [-0.15, -0.1) is 0 Å². The average molecular weight is 400 g/mol. The van der Waals surface area contributed by atoms with E-state index in [-0.39, 0.29) is 12.0 Å². The number of ether oxygens (including phenoxy) is 1. The summed E-state index contributed by atoms with van der Waals surface area (Å²) >= 11 is 0. The fraction of sp³-hybridized carbons (Fsp3) is 0.565. The molecule has 0 aromatic heterocycles. The zero-order valence-corrected chi connectivity index (χ0v) is 18.2. The van der Waals surface area contributed by atoms with E-state index in [1.165, 1.54) is 0 Å². The molecule has 1 fully saturated rings. The minimum atomic E-state index is -0.503. The number of esters is 1. The molecule has 0 bridgehead atoms. The monoisotopic (exact) mass is 399 g/mol. The third-order valence-electron chi connectivity index (χ3n) is 6.07. The minimum Gasteiger partial charge on any atom is -0.463 e. The van der Waals surface area contributed by atoms with E-state index in [4.69, 9.17) is 4.74 Å². The van der Waals surface area contributed by atoms with Gasteiger partial charge in [-0.25, -0.2) is 9.59 Å². The molecule has 0 unspecified atom stereocenters. The highest BCUT2D eigenvalue weighted by atomic mass is 16.5. The highest BCUT2D eigenvalue weighted by Crippen LogP contribution is 2.34. The number of aryl methyl sites for hydroxylation is 2. The first-order valence-corrected chi connectivity index (χ1v) is 10.6. The van der Waals surface area contributed by atoms with Crippen molar-refractivity contribution in [2.75, 3.05) is 33.3 Å². The molecule has 0 radical (unpaired) electrons. The van der Waals surface area contributed by atoms with Gasteiger partial charge in [0.2, 0.25) is 0 Å². The predicted octanol–water partition coefficient (Wildman–Crippen LogP) is 3.55. The van der Waals surface area contributed by atoms with Crippen molar-refractivity contribution in [2.24, 2.45) is 5.92 Å². The number of nitrogens with zero attached hydrogens (tertiary/aromatic N) is 2. The third kappa shape index (κ3) is 4.64. The van der Waals surface area contributed by atoms with Gasteiger partial charge in [-0.1, -0.05) is 30.7 Å². The maximum absolute atomic E-state index is 13.1. The molecule has 0 saturated carbocycles. The standard InChI is InChI=1S/C23H33N3O3/c1-6-29-22(27)20-19(14-26-11-9-15(2)10-12-26)25(5)23(28)24-21(20)18-13-16(3)7-8-17(18)4/h7-8,13,15,21H,6,9-12,14H2,1-5H3,(H,24,28)/t21-/m0/s1. The van der Waals surface area contributed by atoms with Crippen LogP contribution >= 0.6 is 0 Å². The van der Waals surface area contributed by atoms with Gasteiger partial charge in [-0.3, -0.25) is 9.80 Å². The van der Waals surface area contributed by atoms with Crippen LogP contribution in [-0.4, -0.2) is 55.1 Å². The van der Waals surface area contributed by atoms with Gasteiger partial charge >= 0.3 is 12.0 Å². The molecule has 1 N–H and O–H groups in total. The number of carbonyl (C=O) groups excluding carboxylic acids is 2. The summed E-state index contributed by atoms with van der Waals surface area (Å²) in [7, 11) is 1.73. The van der Waals surface area contributed by atoms with Gasteiger partial charge in [0.15, 0.2) is 0 Å². The number of nitrogens with one attached hydrogen (secondary N) is 1. The van der Waals surface area contributed by atoms with E-state index >= 15 is 0 Å². The first-order chi connectivity index (χ1) is 13.8. The Bertz CT molecular complexity index is 810. The molecule has 158 valence electrons. The Morgan fingerprint density at radius 1 is 1.24 bits per heavy atom. The largest absolute Gasteiger partial charge is 0.463 e. The van der Waals surface area contributed by atoms with Crippen molar-refractivity contribution in [3.63, 3.8) is 0 Å². The maximum Gasteiger partial charge on any atom is 0.338 e. The Hall–Kier alpha value is -2.34. The summed E-state index contributed by atoms with van der Waals surface area (Å²) in [6.07, 6.45) is 2.27. The predicted molar refractivity (Wildman–Crippen MR) is 113 cm³/mol. The second kappa shape index (κ2) is 8.99. The molecule has 1 aromatic rings. The van der Waals surface area contributed by atoms with Crippen LogP contribution in [0.15, 0.2) is 29.5 Å². The number of likely N-dealkylation sites (N-methyl/N-ethyl adjacent to an activating group) is 1. The van der Waals surface area contributed by atoms with Crippen LogP contribution in [0.1, 0.15) is 49.4 Å². The van der Waals surface area contributed by atoms with Crippen LogP contribution < -0.4 is 5.32 Å². The zero-order chi connectivity index (χ0) is 21.1. The highest BCUT2D eigenvalue weighted by Gasteiger charge is 2.38. The van der Waals surface area contributed by atoms with E-state index in [1.54, 1.807) is 11.9 Å². The summed E-state index contributed by atoms with van der Waals surface area (Å²) < 4.78 is 5.43. The molecule has 6 nitrogen and oxygen atoms in total. The lowest BCUT2D eigenvalue weighted by molar-refractivity contribution is -0.139. The number of amides is 2. The van der Waals surface area contributed by atoms with E-state index in [0.717, 1.165) is 54.2 Å². The molecule has 0 spiro atoms. The lowest BCUT2D eigenvalue weighted by Gasteiger charge is -2.38. The summed E-state index contributed by atoms with van der Waals surface area (Å²) in [5, 5.41) is 3.02. The number of urea groups is 1. The van der Waals surface area contributed by atoms with Crippen LogP contribution in [0.4, 0.5) is 4.79 Å². The second-order valence-electron chi connectivity index (χ2n) is 8.34. The quantitative estimate of drug-likeness (QED) is 0.769. The number of piperidine rings is 1. The molecule has 2 heterocycles. The van der Waals surface area contributed by atoms with Crippen molar-refractivity contribution in [3.05, 3.63) is 46.2 Å². The molecule has 0 aliphatic carbocycles. The fourth-order valence-electron chi connectivity index (χ4n) is 4.13. The lowest BCUT2D eigenvalue weighted by atomic mass is 9.90. The van der Waals surface area contributed by atoms with E-state index in [2.05, 4.69) is 17.1 Å². The van der Waals surface area contributed by atoms with Gasteiger partial charge in [0.05, 0.1) is 18.2 Å². The number of benzene rings is 1. The molecule has 2 aliphatic rings. The minimum absolute atomic E-state index is 0.190. The Balaban J connectivity index is 2.06. The van der Waals surface area contributed by atoms with Gasteiger partial charge in [-0.2, -0.15) is 0 Å². The highest BCUT2D eigenvalue weighted by molar-refractivity contribution is 5.95. The van der Waals surface area contributed by atoms with Gasteiger partial charge in [0.25, 0.3) is 0 Å². The summed E-state index contributed by atoms with van der Waals surface area (Å²) in [5.74, 6) is 0.366. The summed E-state index contributed by atoms with van der Waals surface area (Å²) in [6.45, 7) is 10.9. The lowest BCUT2D eigenvalue weighted by Crippen LogP contribution is -2.50. The summed E-state index contributed by atoms with van der Waals surface area (Å²) in [5.41, 5.74) is 4.36. The third-order valence-corrected chi connectivity index (χ3v) is 6.07. The Labute approximate surface area is 173 Å². The number of hydrogen-bond donors (Lipinski definition) is 1. The van der Waals surface area contributed by atoms with Crippen LogP contribution in [0.3, 0.4) is 0 Å². The summed E-state index contributed by atoms with van der Waals surface area (Å²) in [4.78, 5) is 29.8. The summed E-state index contributed by atoms with van der Waals surface area (Å²) in [6, 6.07) is 5.43. The maximum atomic E-state index is 13.1. The van der Waals surface area contributed by atoms with Crippen molar-refractivity contribution in [3.8, 4) is 0 Å². The first-order valence-electron chi connectivity index (χ1n) is 10.6. The molecule has 6 heteroatoms. The average Bonchev–Trinajstić information content (AvgIpc) is 2.69. The van der Waals surface area contributed by atoms with Gasteiger partial charge in [0.1, 0.15) is 0 Å². The zero-order valence-electron chi connectivity index (χ0n) is 18.2. The van der Waals surface area contributed by atoms with Crippen LogP contribution in [0.2, 0.25) is 0 Å². The smallest absolute Gasteiger partial charge is 0.338 e. The molecule has 2 aliphatic heterocycles.